The lowest BCUT2D eigenvalue weighted by molar-refractivity contribution is -0.976. The van der Waals surface area contributed by atoms with Crippen molar-refractivity contribution in [1.29, 1.82) is 0 Å². The molecule has 1 heteroatoms. The first-order valence-electron chi connectivity index (χ1n) is 9.20. The van der Waals surface area contributed by atoms with Crippen LogP contribution >= 0.6 is 0 Å². The minimum atomic E-state index is 1.01. The Hall–Kier alpha value is -0.0400. The third-order valence-electron chi connectivity index (χ3n) is 5.88. The maximum Gasteiger partial charge on any atom is 0.0892 e. The van der Waals surface area contributed by atoms with Crippen LogP contribution < -0.4 is 0 Å². The summed E-state index contributed by atoms with van der Waals surface area (Å²) in [7, 11) is 0. The summed E-state index contributed by atoms with van der Waals surface area (Å²) in [6.45, 7) is 7.75. The Kier molecular flexibility index (Phi) is 6.19. The monoisotopic (exact) mass is 266 g/mol. The molecule has 112 valence electrons. The van der Waals surface area contributed by atoms with Crippen LogP contribution in [0, 0.1) is 0 Å². The van der Waals surface area contributed by atoms with Gasteiger partial charge in [-0.1, -0.05) is 26.7 Å². The smallest absolute Gasteiger partial charge is 0.0892 e. The fourth-order valence-corrected chi connectivity index (χ4v) is 5.16. The van der Waals surface area contributed by atoms with Gasteiger partial charge in [-0.15, -0.1) is 0 Å². The molecular weight excluding hydrogens is 230 g/mol. The van der Waals surface area contributed by atoms with Gasteiger partial charge < -0.3 is 4.48 Å². The van der Waals surface area contributed by atoms with Gasteiger partial charge >= 0.3 is 0 Å². The Morgan fingerprint density at radius 3 is 1.32 bits per heavy atom. The normalized spacial score (nSPS) is 23.7. The molecule has 0 N–H and O–H groups in total. The minimum Gasteiger partial charge on any atom is -0.319 e. The second-order valence-electron chi connectivity index (χ2n) is 7.13. The molecule has 0 radical (unpaired) electrons. The van der Waals surface area contributed by atoms with E-state index in [0.717, 1.165) is 12.1 Å². The van der Waals surface area contributed by atoms with Crippen LogP contribution in [0.1, 0.15) is 90.9 Å². The predicted molar refractivity (Wildman–Crippen MR) is 84.3 cm³/mol. The highest BCUT2D eigenvalue weighted by molar-refractivity contribution is 4.75. The molecular formula is C18H36N+. The molecule has 0 spiro atoms. The maximum atomic E-state index is 2.41. The van der Waals surface area contributed by atoms with Crippen molar-refractivity contribution >= 4 is 0 Å². The highest BCUT2D eigenvalue weighted by Crippen LogP contribution is 2.37. The van der Waals surface area contributed by atoms with Gasteiger partial charge in [0.25, 0.3) is 0 Å². The lowest BCUT2D eigenvalue weighted by Gasteiger charge is -2.52. The predicted octanol–water partition coefficient (Wildman–Crippen LogP) is 5.29. The van der Waals surface area contributed by atoms with Crippen LogP contribution in [-0.4, -0.2) is 29.7 Å². The summed E-state index contributed by atoms with van der Waals surface area (Å²) in [5.74, 6) is 0. The molecule has 2 rings (SSSR count). The summed E-state index contributed by atoms with van der Waals surface area (Å²) < 4.78 is 1.52. The second-order valence-corrected chi connectivity index (χ2v) is 7.13. The van der Waals surface area contributed by atoms with Crippen LogP contribution in [0.15, 0.2) is 0 Å². The zero-order valence-electron chi connectivity index (χ0n) is 13.5. The quantitative estimate of drug-likeness (QED) is 0.573. The fraction of sp³-hybridized carbons (Fsp3) is 1.00. The minimum absolute atomic E-state index is 1.01. The summed E-state index contributed by atoms with van der Waals surface area (Å²) in [6.07, 6.45) is 17.9. The second kappa shape index (κ2) is 7.67. The Morgan fingerprint density at radius 2 is 1.00 bits per heavy atom. The number of hydrogen-bond acceptors (Lipinski definition) is 0. The summed E-state index contributed by atoms with van der Waals surface area (Å²) in [5, 5.41) is 0. The topological polar surface area (TPSA) is 0 Å². The first kappa shape index (κ1) is 15.4. The molecule has 1 nitrogen and oxygen atoms in total. The van der Waals surface area contributed by atoms with Gasteiger partial charge in [-0.05, 0) is 64.2 Å². The van der Waals surface area contributed by atoms with Crippen LogP contribution in [0.3, 0.4) is 0 Å². The summed E-state index contributed by atoms with van der Waals surface area (Å²) in [6, 6.07) is 2.02. The summed E-state index contributed by atoms with van der Waals surface area (Å²) in [5.41, 5.74) is 0. The molecule has 0 heterocycles. The van der Waals surface area contributed by atoms with E-state index < -0.39 is 0 Å². The molecule has 0 aromatic heterocycles. The largest absolute Gasteiger partial charge is 0.319 e. The van der Waals surface area contributed by atoms with E-state index in [4.69, 9.17) is 0 Å². The first-order chi connectivity index (χ1) is 9.33. The van der Waals surface area contributed by atoms with Crippen molar-refractivity contribution < 1.29 is 4.48 Å². The van der Waals surface area contributed by atoms with Crippen molar-refractivity contribution in [2.24, 2.45) is 0 Å². The lowest BCUT2D eigenvalue weighted by Crippen LogP contribution is -2.63. The number of nitrogens with zero attached hydrogens (tertiary/aromatic N) is 1. The molecule has 0 atom stereocenters. The van der Waals surface area contributed by atoms with Gasteiger partial charge in [0.05, 0.1) is 25.2 Å². The first-order valence-corrected chi connectivity index (χ1v) is 9.20. The van der Waals surface area contributed by atoms with Crippen LogP contribution in [0.2, 0.25) is 0 Å². The van der Waals surface area contributed by atoms with Crippen molar-refractivity contribution in [3.63, 3.8) is 0 Å². The molecule has 0 amide bonds. The van der Waals surface area contributed by atoms with Crippen molar-refractivity contribution in [3.05, 3.63) is 0 Å². The summed E-state index contributed by atoms with van der Waals surface area (Å²) in [4.78, 5) is 0. The SMILES string of the molecule is CCC[N+](CCC)(C1CCCCC1)C1CCCCC1. The summed E-state index contributed by atoms with van der Waals surface area (Å²) >= 11 is 0. The van der Waals surface area contributed by atoms with E-state index in [1.165, 1.54) is 94.6 Å². The standard InChI is InChI=1S/C18H36N/c1-3-15-19(16-4-2,17-11-7-5-8-12-17)18-13-9-6-10-14-18/h17-18H,3-16H2,1-2H3/q+1. The fourth-order valence-electron chi connectivity index (χ4n) is 5.16. The Labute approximate surface area is 121 Å². The highest BCUT2D eigenvalue weighted by atomic mass is 15.4. The molecule has 2 saturated carbocycles. The zero-order valence-corrected chi connectivity index (χ0v) is 13.5. The van der Waals surface area contributed by atoms with E-state index in [9.17, 15) is 0 Å². The van der Waals surface area contributed by atoms with Crippen molar-refractivity contribution in [1.82, 2.24) is 0 Å². The Morgan fingerprint density at radius 1 is 0.632 bits per heavy atom. The van der Waals surface area contributed by atoms with E-state index in [1.807, 2.05) is 0 Å². The molecule has 0 unspecified atom stereocenters. The molecule has 19 heavy (non-hydrogen) atoms. The average molecular weight is 266 g/mol. The number of rotatable bonds is 6. The molecule has 2 aliphatic rings. The van der Waals surface area contributed by atoms with Crippen molar-refractivity contribution in [2.45, 2.75) is 103 Å². The van der Waals surface area contributed by atoms with E-state index >= 15 is 0 Å². The molecule has 2 fully saturated rings. The van der Waals surface area contributed by atoms with Crippen molar-refractivity contribution in [2.75, 3.05) is 13.1 Å². The highest BCUT2D eigenvalue weighted by Gasteiger charge is 2.42. The number of hydrogen-bond donors (Lipinski definition) is 0. The van der Waals surface area contributed by atoms with Crippen LogP contribution in [0.5, 0.6) is 0 Å². The lowest BCUT2D eigenvalue weighted by atomic mass is 9.85. The van der Waals surface area contributed by atoms with E-state index in [0.29, 0.717) is 0 Å². The van der Waals surface area contributed by atoms with E-state index in [-0.39, 0.29) is 0 Å². The third kappa shape index (κ3) is 3.54. The molecule has 0 aromatic rings. The molecule has 2 aliphatic carbocycles. The van der Waals surface area contributed by atoms with Gasteiger partial charge in [0.2, 0.25) is 0 Å². The van der Waals surface area contributed by atoms with Crippen LogP contribution in [-0.2, 0) is 0 Å². The molecule has 0 aliphatic heterocycles. The van der Waals surface area contributed by atoms with Crippen LogP contribution in [0.25, 0.3) is 0 Å². The van der Waals surface area contributed by atoms with E-state index in [2.05, 4.69) is 13.8 Å². The maximum absolute atomic E-state index is 2.41. The van der Waals surface area contributed by atoms with E-state index in [1.54, 1.807) is 0 Å². The third-order valence-corrected chi connectivity index (χ3v) is 5.88. The molecule has 0 aromatic carbocycles. The van der Waals surface area contributed by atoms with Gasteiger partial charge in [0.15, 0.2) is 0 Å². The van der Waals surface area contributed by atoms with Gasteiger partial charge in [0, 0.05) is 0 Å². The molecule has 0 bridgehead atoms. The Bertz CT molecular complexity index is 210. The van der Waals surface area contributed by atoms with Gasteiger partial charge in [0.1, 0.15) is 0 Å². The van der Waals surface area contributed by atoms with Gasteiger partial charge in [-0.25, -0.2) is 0 Å². The van der Waals surface area contributed by atoms with Gasteiger partial charge in [-0.3, -0.25) is 0 Å². The zero-order chi connectivity index (χ0) is 13.6. The number of quaternary nitrogens is 1. The van der Waals surface area contributed by atoms with Crippen LogP contribution in [0.4, 0.5) is 0 Å². The van der Waals surface area contributed by atoms with Crippen molar-refractivity contribution in [3.8, 4) is 0 Å². The molecule has 0 saturated heterocycles. The Balaban J connectivity index is 2.16. The average Bonchev–Trinajstić information content (AvgIpc) is 2.49. The van der Waals surface area contributed by atoms with Gasteiger partial charge in [-0.2, -0.15) is 0 Å².